The molecule has 0 N–H and O–H groups in total. The number of carbonyl (C=O) groups excluding carboxylic acids is 4. The highest BCUT2D eigenvalue weighted by atomic mass is 35.5. The van der Waals surface area contributed by atoms with Gasteiger partial charge in [0.1, 0.15) is 0 Å². The van der Waals surface area contributed by atoms with E-state index in [1.54, 1.807) is 26.0 Å². The summed E-state index contributed by atoms with van der Waals surface area (Å²) >= 11 is 7.04. The topological polar surface area (TPSA) is 86.7 Å². The minimum atomic E-state index is -1.41. The lowest BCUT2D eigenvalue weighted by Crippen LogP contribution is -2.60. The molecule has 0 aromatic carbocycles. The monoisotopic (exact) mass is 502 g/mol. The van der Waals surface area contributed by atoms with E-state index in [2.05, 4.69) is 13.0 Å². The van der Waals surface area contributed by atoms with Crippen LogP contribution in [0.3, 0.4) is 0 Å². The predicted molar refractivity (Wildman–Crippen MR) is 132 cm³/mol. The van der Waals surface area contributed by atoms with Crippen molar-refractivity contribution < 1.29 is 28.7 Å². The van der Waals surface area contributed by atoms with Crippen LogP contribution in [0.1, 0.15) is 66.7 Å². The fourth-order valence-electron chi connectivity index (χ4n) is 7.26. The van der Waals surface area contributed by atoms with Gasteiger partial charge >= 0.3 is 11.9 Å². The number of fused-ring (bicyclic) bond motifs is 5. The van der Waals surface area contributed by atoms with Gasteiger partial charge < -0.3 is 9.47 Å². The molecule has 0 aromatic heterocycles. The van der Waals surface area contributed by atoms with Crippen LogP contribution < -0.4 is 0 Å². The highest BCUT2D eigenvalue weighted by Gasteiger charge is 2.71. The normalized spacial score (nSPS) is 39.5. The van der Waals surface area contributed by atoms with Crippen LogP contribution in [0.4, 0.5) is 0 Å². The molecule has 0 saturated heterocycles. The van der Waals surface area contributed by atoms with E-state index in [4.69, 9.17) is 21.1 Å². The Morgan fingerprint density at radius 1 is 1.14 bits per heavy atom. The highest BCUT2D eigenvalue weighted by Crippen LogP contribution is 2.68. The number of alkyl halides is 1. The molecule has 4 rings (SSSR count). The fraction of sp³-hybridized carbons (Fsp3) is 0.643. The minimum absolute atomic E-state index is 0.0140. The Hall–Kier alpha value is -2.21. The van der Waals surface area contributed by atoms with E-state index in [0.29, 0.717) is 19.3 Å². The molecule has 4 aliphatic rings. The first-order valence-electron chi connectivity index (χ1n) is 12.6. The maximum Gasteiger partial charge on any atom is 0.306 e. The van der Waals surface area contributed by atoms with E-state index in [1.165, 1.54) is 5.57 Å². The zero-order valence-corrected chi connectivity index (χ0v) is 21.9. The molecule has 7 atom stereocenters. The molecule has 0 bridgehead atoms. The van der Waals surface area contributed by atoms with E-state index in [9.17, 15) is 19.2 Å². The summed E-state index contributed by atoms with van der Waals surface area (Å²) in [6.07, 6.45) is 9.53. The van der Waals surface area contributed by atoms with E-state index in [0.717, 1.165) is 5.57 Å². The van der Waals surface area contributed by atoms with E-state index in [-0.39, 0.29) is 53.0 Å². The van der Waals surface area contributed by atoms with Gasteiger partial charge in [-0.05, 0) is 44.3 Å². The quantitative estimate of drug-likeness (QED) is 0.292. The molecule has 2 fully saturated rings. The number of esters is 2. The van der Waals surface area contributed by atoms with Gasteiger partial charge in [0.2, 0.25) is 5.78 Å². The molecule has 2 saturated carbocycles. The lowest BCUT2D eigenvalue weighted by molar-refractivity contribution is -0.191. The van der Waals surface area contributed by atoms with Crippen molar-refractivity contribution in [2.24, 2.45) is 28.6 Å². The van der Waals surface area contributed by atoms with Gasteiger partial charge in [-0.25, -0.2) is 0 Å². The van der Waals surface area contributed by atoms with Crippen molar-refractivity contribution in [3.63, 3.8) is 0 Å². The maximum atomic E-state index is 13.8. The number of hydrogen-bond acceptors (Lipinski definition) is 6. The third kappa shape index (κ3) is 3.75. The number of ketones is 2. The van der Waals surface area contributed by atoms with Gasteiger partial charge in [0, 0.05) is 40.9 Å². The smallest absolute Gasteiger partial charge is 0.306 e. The van der Waals surface area contributed by atoms with Gasteiger partial charge in [-0.1, -0.05) is 51.0 Å². The van der Waals surface area contributed by atoms with Crippen LogP contribution in [0.25, 0.3) is 0 Å². The molecule has 4 aliphatic carbocycles. The van der Waals surface area contributed by atoms with Crippen LogP contribution in [0, 0.1) is 28.6 Å². The van der Waals surface area contributed by atoms with Gasteiger partial charge in [0.15, 0.2) is 18.0 Å². The summed E-state index contributed by atoms with van der Waals surface area (Å²) in [6, 6.07) is 0. The molecule has 0 aliphatic heterocycles. The summed E-state index contributed by atoms with van der Waals surface area (Å²) in [4.78, 5) is 50.4. The van der Waals surface area contributed by atoms with Crippen molar-refractivity contribution in [1.29, 1.82) is 0 Å². The van der Waals surface area contributed by atoms with Crippen LogP contribution >= 0.6 is 11.6 Å². The van der Waals surface area contributed by atoms with E-state index < -0.39 is 29.6 Å². The van der Waals surface area contributed by atoms with E-state index in [1.807, 2.05) is 19.9 Å². The third-order valence-corrected chi connectivity index (χ3v) is 9.53. The summed E-state index contributed by atoms with van der Waals surface area (Å²) in [6.45, 7) is 9.06. The first kappa shape index (κ1) is 25.9. The number of ether oxygens (including phenoxy) is 2. The molecule has 0 unspecified atom stereocenters. The molecule has 0 heterocycles. The van der Waals surface area contributed by atoms with Crippen LogP contribution in [-0.2, 0) is 28.7 Å². The van der Waals surface area contributed by atoms with Crippen LogP contribution in [0.15, 0.2) is 35.5 Å². The summed E-state index contributed by atoms with van der Waals surface area (Å²) in [5.41, 5.74) is -0.308. The van der Waals surface area contributed by atoms with Crippen LogP contribution in [-0.4, -0.2) is 41.1 Å². The number of Topliss-reactive ketones (excluding diaryl/α,β-unsaturated/α-hetero) is 1. The zero-order valence-electron chi connectivity index (χ0n) is 21.2. The summed E-state index contributed by atoms with van der Waals surface area (Å²) in [7, 11) is 0. The fourth-order valence-corrected chi connectivity index (χ4v) is 7.74. The number of halogens is 1. The Bertz CT molecular complexity index is 1060. The SMILES string of the molecule is CCC(=O)OCC(=O)[C@]1(OC(=O)CC)[C@H](C)C[C@H]2[C@H]3C(=CC[C@@]21C)[C@@]1(C)C=CC(=O)C=C1C[C@H]3Cl. The van der Waals surface area contributed by atoms with Gasteiger partial charge in [0.25, 0.3) is 0 Å². The Balaban J connectivity index is 1.80. The molecule has 190 valence electrons. The second-order valence-corrected chi connectivity index (χ2v) is 11.4. The second kappa shape index (κ2) is 9.02. The first-order chi connectivity index (χ1) is 16.4. The Morgan fingerprint density at radius 2 is 1.83 bits per heavy atom. The van der Waals surface area contributed by atoms with Crippen LogP contribution in [0.5, 0.6) is 0 Å². The standard InChI is InChI=1S/C28H35ClO6/c1-6-23(32)34-15-22(31)28(35-24(33)7-2)16(3)12-20-25-19(9-11-27(20,28)5)26(4)10-8-18(30)13-17(26)14-21(25)29/h8-10,13,16,20-21,25H,6-7,11-12,14-15H2,1-5H3/t16-,20+,21-,25-,26+,27+,28-/m1/s1. The molecule has 0 spiro atoms. The lowest BCUT2D eigenvalue weighted by atomic mass is 9.51. The van der Waals surface area contributed by atoms with Gasteiger partial charge in [-0.2, -0.15) is 0 Å². The molecule has 7 heteroatoms. The minimum Gasteiger partial charge on any atom is -0.457 e. The third-order valence-electron chi connectivity index (χ3n) is 9.11. The molecule has 0 amide bonds. The number of rotatable bonds is 6. The second-order valence-electron chi connectivity index (χ2n) is 10.9. The maximum absolute atomic E-state index is 13.8. The number of hydrogen-bond donors (Lipinski definition) is 0. The van der Waals surface area contributed by atoms with Crippen molar-refractivity contribution in [1.82, 2.24) is 0 Å². The van der Waals surface area contributed by atoms with Crippen molar-refractivity contribution in [3.8, 4) is 0 Å². The predicted octanol–water partition coefficient (Wildman–Crippen LogP) is 4.89. The number of allylic oxidation sites excluding steroid dienone is 6. The van der Waals surface area contributed by atoms with Gasteiger partial charge in [0.05, 0.1) is 0 Å². The lowest BCUT2D eigenvalue weighted by Gasteiger charge is -2.55. The largest absolute Gasteiger partial charge is 0.457 e. The van der Waals surface area contributed by atoms with E-state index >= 15 is 0 Å². The van der Waals surface area contributed by atoms with Gasteiger partial charge in [-0.15, -0.1) is 11.6 Å². The van der Waals surface area contributed by atoms with Crippen molar-refractivity contribution >= 4 is 35.1 Å². The number of carbonyl (C=O) groups is 4. The summed E-state index contributed by atoms with van der Waals surface area (Å²) in [5.74, 6) is -1.62. The van der Waals surface area contributed by atoms with Crippen molar-refractivity contribution in [2.75, 3.05) is 6.61 Å². The zero-order chi connectivity index (χ0) is 25.8. The molecule has 35 heavy (non-hydrogen) atoms. The first-order valence-corrected chi connectivity index (χ1v) is 13.1. The van der Waals surface area contributed by atoms with Crippen molar-refractivity contribution in [3.05, 3.63) is 35.5 Å². The molecule has 0 radical (unpaired) electrons. The molecular formula is C28H35ClO6. The summed E-state index contributed by atoms with van der Waals surface area (Å²) in [5, 5.41) is -0.248. The summed E-state index contributed by atoms with van der Waals surface area (Å²) < 4.78 is 11.3. The molecular weight excluding hydrogens is 468 g/mol. The highest BCUT2D eigenvalue weighted by molar-refractivity contribution is 6.21. The van der Waals surface area contributed by atoms with Crippen LogP contribution in [0.2, 0.25) is 0 Å². The average Bonchev–Trinajstić information content (AvgIpc) is 3.05. The average molecular weight is 503 g/mol. The van der Waals surface area contributed by atoms with Crippen molar-refractivity contribution in [2.45, 2.75) is 77.7 Å². The Labute approximate surface area is 212 Å². The molecule has 0 aromatic rings. The van der Waals surface area contributed by atoms with Gasteiger partial charge in [-0.3, -0.25) is 19.2 Å². The Kier molecular flexibility index (Phi) is 6.67. The Morgan fingerprint density at radius 3 is 2.49 bits per heavy atom. The molecule has 6 nitrogen and oxygen atoms in total.